The predicted molar refractivity (Wildman–Crippen MR) is 95.8 cm³/mol. The first-order valence-corrected chi connectivity index (χ1v) is 8.61. The van der Waals surface area contributed by atoms with Crippen molar-refractivity contribution in [3.63, 3.8) is 0 Å². The van der Waals surface area contributed by atoms with E-state index in [1.165, 1.54) is 5.01 Å². The van der Waals surface area contributed by atoms with Crippen molar-refractivity contribution in [1.29, 1.82) is 0 Å². The van der Waals surface area contributed by atoms with Gasteiger partial charge in [-0.1, -0.05) is 0 Å². The number of rotatable bonds is 3. The van der Waals surface area contributed by atoms with E-state index in [-0.39, 0.29) is 11.8 Å². The first kappa shape index (κ1) is 17.3. The van der Waals surface area contributed by atoms with Gasteiger partial charge in [-0.05, 0) is 30.7 Å². The lowest BCUT2D eigenvalue weighted by Gasteiger charge is -2.25. The van der Waals surface area contributed by atoms with Gasteiger partial charge in [0.2, 0.25) is 5.91 Å². The first-order chi connectivity index (χ1) is 12.1. The summed E-state index contributed by atoms with van der Waals surface area (Å²) >= 11 is 0. The van der Waals surface area contributed by atoms with E-state index in [1.54, 1.807) is 14.2 Å². The fraction of sp³-hybridized carbons (Fsp3) is 0.500. The quantitative estimate of drug-likeness (QED) is 0.830. The largest absolute Gasteiger partial charge is 0.497 e. The van der Waals surface area contributed by atoms with Crippen molar-refractivity contribution in [2.24, 2.45) is 5.10 Å². The number of carbonyl (C=O) groups is 2. The fourth-order valence-electron chi connectivity index (χ4n) is 3.18. The lowest BCUT2D eigenvalue weighted by atomic mass is 10.1. The molecule has 0 saturated carbocycles. The van der Waals surface area contributed by atoms with E-state index in [0.29, 0.717) is 31.6 Å². The van der Waals surface area contributed by atoms with Gasteiger partial charge in [-0.15, -0.1) is 0 Å². The van der Waals surface area contributed by atoms with E-state index in [0.717, 1.165) is 30.9 Å². The van der Waals surface area contributed by atoms with E-state index in [1.807, 2.05) is 29.2 Å². The third-order valence-electron chi connectivity index (χ3n) is 4.67. The Morgan fingerprint density at radius 3 is 2.52 bits per heavy atom. The summed E-state index contributed by atoms with van der Waals surface area (Å²) in [5.74, 6) is 0.749. The first-order valence-electron chi connectivity index (χ1n) is 8.61. The van der Waals surface area contributed by atoms with Gasteiger partial charge in [-0.3, -0.25) is 9.59 Å². The molecule has 1 saturated heterocycles. The standard InChI is InChI=1S/C18H24N4O3/c1-20-17(23)9-8-16(19-20)18(24)22-11-3-10-21(12-13-22)14-4-6-15(25-2)7-5-14/h4-7H,3,8-13H2,1-2H3. The molecule has 2 aliphatic heterocycles. The zero-order valence-electron chi connectivity index (χ0n) is 14.8. The number of benzene rings is 1. The van der Waals surface area contributed by atoms with Crippen LogP contribution >= 0.6 is 0 Å². The number of anilines is 1. The minimum absolute atomic E-state index is 0.0434. The molecular weight excluding hydrogens is 320 g/mol. The molecule has 2 aliphatic rings. The summed E-state index contributed by atoms with van der Waals surface area (Å²) in [6.45, 7) is 3.05. The van der Waals surface area contributed by atoms with E-state index < -0.39 is 0 Å². The van der Waals surface area contributed by atoms with Crippen molar-refractivity contribution in [1.82, 2.24) is 9.91 Å². The summed E-state index contributed by atoms with van der Waals surface area (Å²) in [6.07, 6.45) is 1.69. The number of amides is 2. The summed E-state index contributed by atoms with van der Waals surface area (Å²) in [7, 11) is 3.26. The molecule has 0 aliphatic carbocycles. The third kappa shape index (κ3) is 3.92. The van der Waals surface area contributed by atoms with Crippen LogP contribution in [-0.4, -0.2) is 67.8 Å². The van der Waals surface area contributed by atoms with Gasteiger partial charge in [0.1, 0.15) is 11.5 Å². The molecule has 0 atom stereocenters. The van der Waals surface area contributed by atoms with Gasteiger partial charge < -0.3 is 14.5 Å². The van der Waals surface area contributed by atoms with Gasteiger partial charge in [0.15, 0.2) is 0 Å². The highest BCUT2D eigenvalue weighted by Crippen LogP contribution is 2.21. The number of ether oxygens (including phenoxy) is 1. The van der Waals surface area contributed by atoms with Gasteiger partial charge in [0, 0.05) is 51.8 Å². The molecular formula is C18H24N4O3. The highest BCUT2D eigenvalue weighted by molar-refractivity contribution is 6.39. The summed E-state index contributed by atoms with van der Waals surface area (Å²) in [5.41, 5.74) is 1.62. The summed E-state index contributed by atoms with van der Waals surface area (Å²) in [6, 6.07) is 7.99. The van der Waals surface area contributed by atoms with Crippen LogP contribution in [0.5, 0.6) is 5.75 Å². The smallest absolute Gasteiger partial charge is 0.270 e. The Morgan fingerprint density at radius 1 is 1.08 bits per heavy atom. The van der Waals surface area contributed by atoms with Crippen molar-refractivity contribution in [3.05, 3.63) is 24.3 Å². The lowest BCUT2D eigenvalue weighted by Crippen LogP contribution is -2.42. The van der Waals surface area contributed by atoms with Crippen LogP contribution in [0.2, 0.25) is 0 Å². The van der Waals surface area contributed by atoms with E-state index in [4.69, 9.17) is 4.74 Å². The zero-order valence-corrected chi connectivity index (χ0v) is 14.8. The van der Waals surface area contributed by atoms with Gasteiger partial charge in [0.25, 0.3) is 5.91 Å². The van der Waals surface area contributed by atoms with Crippen LogP contribution in [0.1, 0.15) is 19.3 Å². The van der Waals surface area contributed by atoms with Crippen molar-refractivity contribution < 1.29 is 14.3 Å². The predicted octanol–water partition coefficient (Wildman–Crippen LogP) is 1.34. The number of hydrazone groups is 1. The van der Waals surface area contributed by atoms with E-state index in [9.17, 15) is 9.59 Å². The zero-order chi connectivity index (χ0) is 17.8. The Balaban J connectivity index is 1.64. The maximum atomic E-state index is 12.7. The Hall–Kier alpha value is -2.57. The third-order valence-corrected chi connectivity index (χ3v) is 4.67. The molecule has 0 bridgehead atoms. The van der Waals surface area contributed by atoms with Crippen LogP contribution in [0.4, 0.5) is 5.69 Å². The molecule has 2 heterocycles. The molecule has 0 spiro atoms. The number of methoxy groups -OCH3 is 1. The van der Waals surface area contributed by atoms with Crippen molar-refractivity contribution in [2.45, 2.75) is 19.3 Å². The van der Waals surface area contributed by atoms with Gasteiger partial charge in [0.05, 0.1) is 7.11 Å². The second-order valence-electron chi connectivity index (χ2n) is 6.29. The van der Waals surface area contributed by atoms with Crippen molar-refractivity contribution in [3.8, 4) is 5.75 Å². The SMILES string of the molecule is COc1ccc(N2CCCN(C(=O)C3=NN(C)C(=O)CC3)CC2)cc1. The van der Waals surface area contributed by atoms with Gasteiger partial charge in [-0.25, -0.2) is 5.01 Å². The minimum Gasteiger partial charge on any atom is -0.497 e. The van der Waals surface area contributed by atoms with Crippen LogP contribution in [0.3, 0.4) is 0 Å². The van der Waals surface area contributed by atoms with Crippen LogP contribution in [-0.2, 0) is 9.59 Å². The fourth-order valence-corrected chi connectivity index (χ4v) is 3.18. The minimum atomic E-state index is -0.0454. The van der Waals surface area contributed by atoms with Crippen LogP contribution in [0, 0.1) is 0 Å². The van der Waals surface area contributed by atoms with Gasteiger partial charge >= 0.3 is 0 Å². The summed E-state index contributed by atoms with van der Waals surface area (Å²) < 4.78 is 5.20. The number of nitrogens with zero attached hydrogens (tertiary/aromatic N) is 4. The molecule has 3 rings (SSSR count). The second-order valence-corrected chi connectivity index (χ2v) is 6.29. The van der Waals surface area contributed by atoms with Gasteiger partial charge in [-0.2, -0.15) is 5.10 Å². The number of carbonyl (C=O) groups excluding carboxylic acids is 2. The molecule has 1 aromatic carbocycles. The average molecular weight is 344 g/mol. The normalized spacial score (nSPS) is 18.7. The molecule has 25 heavy (non-hydrogen) atoms. The van der Waals surface area contributed by atoms with Crippen LogP contribution in [0.15, 0.2) is 29.4 Å². The molecule has 1 aromatic rings. The van der Waals surface area contributed by atoms with E-state index >= 15 is 0 Å². The highest BCUT2D eigenvalue weighted by atomic mass is 16.5. The van der Waals surface area contributed by atoms with Crippen LogP contribution < -0.4 is 9.64 Å². The maximum Gasteiger partial charge on any atom is 0.270 e. The molecule has 0 N–H and O–H groups in total. The Kier molecular flexibility index (Phi) is 5.21. The topological polar surface area (TPSA) is 65.5 Å². The molecule has 0 radical (unpaired) electrons. The molecule has 1 fully saturated rings. The molecule has 134 valence electrons. The summed E-state index contributed by atoms with van der Waals surface area (Å²) in [5, 5.41) is 5.42. The molecule has 7 heteroatoms. The Morgan fingerprint density at radius 2 is 1.84 bits per heavy atom. The van der Waals surface area contributed by atoms with Crippen LogP contribution in [0.25, 0.3) is 0 Å². The van der Waals surface area contributed by atoms with Crippen molar-refractivity contribution in [2.75, 3.05) is 45.2 Å². The lowest BCUT2D eigenvalue weighted by molar-refractivity contribution is -0.130. The number of hydrogen-bond acceptors (Lipinski definition) is 5. The second kappa shape index (κ2) is 7.55. The Labute approximate surface area is 147 Å². The molecule has 7 nitrogen and oxygen atoms in total. The molecule has 0 unspecified atom stereocenters. The number of hydrogen-bond donors (Lipinski definition) is 0. The molecule has 0 aromatic heterocycles. The molecule has 2 amide bonds. The van der Waals surface area contributed by atoms with Crippen molar-refractivity contribution >= 4 is 23.2 Å². The monoisotopic (exact) mass is 344 g/mol. The summed E-state index contributed by atoms with van der Waals surface area (Å²) in [4.78, 5) is 28.4. The highest BCUT2D eigenvalue weighted by Gasteiger charge is 2.27. The van der Waals surface area contributed by atoms with E-state index in [2.05, 4.69) is 10.0 Å². The average Bonchev–Trinajstić information content (AvgIpc) is 2.89. The Bertz CT molecular complexity index is 671. The maximum absolute atomic E-state index is 12.7.